The molecule has 0 aliphatic heterocycles. The zero-order valence-corrected chi connectivity index (χ0v) is 24.2. The van der Waals surface area contributed by atoms with E-state index in [0.29, 0.717) is 19.1 Å². The highest BCUT2D eigenvalue weighted by Gasteiger charge is 2.43. The molecule has 0 N–H and O–H groups in total. The molecule has 3 rings (SSSR count). The van der Waals surface area contributed by atoms with Gasteiger partial charge in [0, 0.05) is 31.5 Å². The number of aromatic nitrogens is 1. The van der Waals surface area contributed by atoms with Gasteiger partial charge in [0.1, 0.15) is 5.69 Å². The van der Waals surface area contributed by atoms with Crippen molar-refractivity contribution in [2.24, 2.45) is 5.41 Å². The summed E-state index contributed by atoms with van der Waals surface area (Å²) < 4.78 is 52.7. The Labute approximate surface area is 231 Å². The monoisotopic (exact) mass is 545 g/mol. The molecule has 1 atom stereocenters. The molecule has 1 aliphatic rings. The van der Waals surface area contributed by atoms with E-state index in [9.17, 15) is 22.4 Å². The average molecular weight is 546 g/mol. The van der Waals surface area contributed by atoms with Crippen molar-refractivity contribution in [3.8, 4) is 0 Å². The smallest absolute Gasteiger partial charge is 0.270 e. The number of hydrogen-bond acceptors (Lipinski definition) is 2. The Bertz CT molecular complexity index is 1120. The summed E-state index contributed by atoms with van der Waals surface area (Å²) >= 11 is 0. The van der Waals surface area contributed by atoms with Gasteiger partial charge in [-0.05, 0) is 79.7 Å². The second-order valence-corrected chi connectivity index (χ2v) is 10.6. The van der Waals surface area contributed by atoms with Crippen molar-refractivity contribution >= 4 is 11.9 Å². The third kappa shape index (κ3) is 10.2. The zero-order chi connectivity index (χ0) is 29.9. The number of halogens is 4. The maximum absolute atomic E-state index is 13.5. The summed E-state index contributed by atoms with van der Waals surface area (Å²) in [6.45, 7) is 17.7. The van der Waals surface area contributed by atoms with Crippen LogP contribution in [-0.4, -0.2) is 17.2 Å². The van der Waals surface area contributed by atoms with E-state index in [2.05, 4.69) is 69.3 Å². The first kappa shape index (κ1) is 34.0. The van der Waals surface area contributed by atoms with Crippen LogP contribution in [0.15, 0.2) is 67.9 Å². The molecule has 1 saturated carbocycles. The normalized spacial score (nSPS) is 16.9. The minimum absolute atomic E-state index is 0.0196. The van der Waals surface area contributed by atoms with E-state index in [1.165, 1.54) is 35.9 Å². The maximum atomic E-state index is 13.5. The summed E-state index contributed by atoms with van der Waals surface area (Å²) in [5.74, 6) is -5.11. The van der Waals surface area contributed by atoms with Crippen LogP contribution < -0.4 is 0 Å². The molecule has 1 aromatic heterocycles. The Kier molecular flexibility index (Phi) is 13.0. The molecule has 39 heavy (non-hydrogen) atoms. The third-order valence-electron chi connectivity index (χ3n) is 7.43. The number of alkyl halides is 4. The van der Waals surface area contributed by atoms with Gasteiger partial charge in [-0.1, -0.05) is 56.3 Å². The predicted molar refractivity (Wildman–Crippen MR) is 155 cm³/mol. The van der Waals surface area contributed by atoms with Crippen molar-refractivity contribution in [2.75, 3.05) is 0 Å². The Morgan fingerprint density at radius 1 is 1.15 bits per heavy atom. The SMILES string of the molecule is C=CC.C=CC/C=C(\C)c1cccc(C(C)C2(C)CCC(F)(F)CC2)c1.Cc1c(C(C)(F)F)ccnc1C=O. The van der Waals surface area contributed by atoms with Crippen LogP contribution in [0, 0.1) is 12.3 Å². The molecule has 1 unspecified atom stereocenters. The molecule has 1 heterocycles. The fourth-order valence-electron chi connectivity index (χ4n) is 4.60. The molecule has 2 nitrogen and oxygen atoms in total. The quantitative estimate of drug-likeness (QED) is 0.197. The Balaban J connectivity index is 0.000000401. The topological polar surface area (TPSA) is 30.0 Å². The number of carbonyl (C=O) groups excluding carboxylic acids is 1. The standard InChI is InChI=1S/C21H28F2.C9H9F2NO.C3H6/c1-5-6-8-16(2)18-9-7-10-19(15-18)17(3)20(4)11-13-21(22,23)14-12-20;1-6-7(9(2,10)11)3-4-12-8(6)5-13;1-3-2/h5,7-10,15,17H,1,6,11-14H2,2-4H3;3-5H,1-2H3;3H,1H2,2H3/b16-8+;;. The molecule has 214 valence electrons. The second kappa shape index (κ2) is 14.9. The fourth-order valence-corrected chi connectivity index (χ4v) is 4.60. The predicted octanol–water partition coefficient (Wildman–Crippen LogP) is 10.5. The van der Waals surface area contributed by atoms with Crippen LogP contribution in [-0.2, 0) is 5.92 Å². The van der Waals surface area contributed by atoms with Gasteiger partial charge in [0.25, 0.3) is 5.92 Å². The van der Waals surface area contributed by atoms with Crippen LogP contribution in [0.1, 0.15) is 105 Å². The summed E-state index contributed by atoms with van der Waals surface area (Å²) in [5.41, 5.74) is 3.81. The summed E-state index contributed by atoms with van der Waals surface area (Å²) in [5, 5.41) is 0. The number of rotatable bonds is 7. The molecule has 0 amide bonds. The highest BCUT2D eigenvalue weighted by atomic mass is 19.3. The van der Waals surface area contributed by atoms with Crippen LogP contribution in [0.5, 0.6) is 0 Å². The summed E-state index contributed by atoms with van der Waals surface area (Å²) in [7, 11) is 0. The van der Waals surface area contributed by atoms with Crippen LogP contribution in [0.25, 0.3) is 5.57 Å². The van der Waals surface area contributed by atoms with Crippen molar-refractivity contribution < 1.29 is 22.4 Å². The van der Waals surface area contributed by atoms with Gasteiger partial charge < -0.3 is 0 Å². The summed E-state index contributed by atoms with van der Waals surface area (Å²) in [6.07, 6.45) is 9.58. The van der Waals surface area contributed by atoms with E-state index >= 15 is 0 Å². The Hall–Kier alpha value is -3.02. The number of allylic oxidation sites excluding steroid dienone is 4. The number of hydrogen-bond donors (Lipinski definition) is 0. The van der Waals surface area contributed by atoms with Gasteiger partial charge in [-0.15, -0.1) is 13.2 Å². The molecule has 0 saturated heterocycles. The van der Waals surface area contributed by atoms with E-state index < -0.39 is 11.8 Å². The lowest BCUT2D eigenvalue weighted by Gasteiger charge is -2.42. The molecule has 0 radical (unpaired) electrons. The van der Waals surface area contributed by atoms with Crippen LogP contribution in [0.3, 0.4) is 0 Å². The van der Waals surface area contributed by atoms with Crippen LogP contribution in [0.2, 0.25) is 0 Å². The molecule has 1 fully saturated rings. The number of pyridine rings is 1. The first-order valence-corrected chi connectivity index (χ1v) is 13.3. The van der Waals surface area contributed by atoms with Crippen molar-refractivity contribution in [1.29, 1.82) is 0 Å². The van der Waals surface area contributed by atoms with E-state index in [4.69, 9.17) is 0 Å². The van der Waals surface area contributed by atoms with Crippen molar-refractivity contribution in [2.45, 2.75) is 91.4 Å². The molecule has 0 bridgehead atoms. The van der Waals surface area contributed by atoms with E-state index in [-0.39, 0.29) is 41.0 Å². The van der Waals surface area contributed by atoms with Crippen molar-refractivity contribution in [1.82, 2.24) is 4.98 Å². The molecular weight excluding hydrogens is 502 g/mol. The highest BCUT2D eigenvalue weighted by molar-refractivity contribution is 5.74. The number of benzene rings is 1. The average Bonchev–Trinajstić information content (AvgIpc) is 2.89. The number of aldehydes is 1. The summed E-state index contributed by atoms with van der Waals surface area (Å²) in [4.78, 5) is 14.1. The van der Waals surface area contributed by atoms with Gasteiger partial charge in [0.05, 0.1) is 0 Å². The van der Waals surface area contributed by atoms with Gasteiger partial charge in [-0.25, -0.2) is 17.6 Å². The van der Waals surface area contributed by atoms with E-state index in [1.54, 1.807) is 6.08 Å². The highest BCUT2D eigenvalue weighted by Crippen LogP contribution is 2.50. The lowest BCUT2D eigenvalue weighted by Crippen LogP contribution is -2.34. The third-order valence-corrected chi connectivity index (χ3v) is 7.43. The lowest BCUT2D eigenvalue weighted by atomic mass is 9.65. The van der Waals surface area contributed by atoms with Gasteiger partial charge in [0.15, 0.2) is 6.29 Å². The van der Waals surface area contributed by atoms with E-state index in [1.807, 2.05) is 13.0 Å². The molecule has 0 spiro atoms. The molecular formula is C33H43F4NO. The molecule has 1 aromatic carbocycles. The van der Waals surface area contributed by atoms with Crippen molar-refractivity contribution in [3.63, 3.8) is 0 Å². The molecule has 2 aromatic rings. The van der Waals surface area contributed by atoms with Crippen LogP contribution >= 0.6 is 0 Å². The summed E-state index contributed by atoms with van der Waals surface area (Å²) in [6, 6.07) is 9.77. The number of nitrogens with zero attached hydrogens (tertiary/aromatic N) is 1. The van der Waals surface area contributed by atoms with Gasteiger partial charge in [-0.2, -0.15) is 0 Å². The Morgan fingerprint density at radius 2 is 1.74 bits per heavy atom. The minimum atomic E-state index is -2.93. The first-order valence-electron chi connectivity index (χ1n) is 13.3. The zero-order valence-electron chi connectivity index (χ0n) is 24.2. The van der Waals surface area contributed by atoms with Crippen LogP contribution in [0.4, 0.5) is 17.6 Å². The van der Waals surface area contributed by atoms with Crippen molar-refractivity contribution in [3.05, 3.63) is 95.9 Å². The fraction of sp³-hybridized carbons (Fsp3) is 0.455. The van der Waals surface area contributed by atoms with E-state index in [0.717, 1.165) is 13.3 Å². The molecule has 6 heteroatoms. The second-order valence-electron chi connectivity index (χ2n) is 10.6. The van der Waals surface area contributed by atoms with Gasteiger partial charge in [-0.3, -0.25) is 9.78 Å². The largest absolute Gasteiger partial charge is 0.296 e. The number of carbonyl (C=O) groups is 1. The Morgan fingerprint density at radius 3 is 2.26 bits per heavy atom. The lowest BCUT2D eigenvalue weighted by molar-refractivity contribution is -0.0678. The van der Waals surface area contributed by atoms with Gasteiger partial charge in [0.2, 0.25) is 5.92 Å². The molecule has 1 aliphatic carbocycles. The van der Waals surface area contributed by atoms with Gasteiger partial charge >= 0.3 is 0 Å². The maximum Gasteiger partial charge on any atom is 0.270 e. The minimum Gasteiger partial charge on any atom is -0.296 e. The first-order chi connectivity index (χ1) is 18.2.